The standard InChI is InChI=1S/C24H22/c1-18-7-9-19(10-8-18)11-12-20-13-14-22-16-24(17-23(22)15-20)21-5-3-2-4-6-21/h2-10,13-15,17H,11-12,16H2,1H3. The highest BCUT2D eigenvalue weighted by Crippen LogP contribution is 2.32. The van der Waals surface area contributed by atoms with Gasteiger partial charge in [-0.2, -0.15) is 0 Å². The molecule has 0 unspecified atom stereocenters. The first kappa shape index (κ1) is 15.0. The maximum absolute atomic E-state index is 2.37. The molecule has 118 valence electrons. The number of hydrogen-bond donors (Lipinski definition) is 0. The average molecular weight is 310 g/mol. The van der Waals surface area contributed by atoms with Gasteiger partial charge in [-0.3, -0.25) is 0 Å². The Hall–Kier alpha value is -2.60. The summed E-state index contributed by atoms with van der Waals surface area (Å²) in [6.45, 7) is 2.14. The second-order valence-corrected chi connectivity index (χ2v) is 6.73. The topological polar surface area (TPSA) is 0 Å². The number of aryl methyl sites for hydroxylation is 3. The summed E-state index contributed by atoms with van der Waals surface area (Å²) < 4.78 is 0. The first-order valence-corrected chi connectivity index (χ1v) is 8.71. The van der Waals surface area contributed by atoms with Gasteiger partial charge in [0.25, 0.3) is 0 Å². The van der Waals surface area contributed by atoms with Gasteiger partial charge in [-0.1, -0.05) is 84.4 Å². The molecule has 0 heteroatoms. The van der Waals surface area contributed by atoms with Crippen molar-refractivity contribution >= 4 is 11.6 Å². The average Bonchev–Trinajstić information content (AvgIpc) is 3.05. The Morgan fingerprint density at radius 1 is 0.750 bits per heavy atom. The van der Waals surface area contributed by atoms with E-state index in [-0.39, 0.29) is 0 Å². The molecule has 0 spiro atoms. The van der Waals surface area contributed by atoms with Gasteiger partial charge in [0.05, 0.1) is 0 Å². The summed E-state index contributed by atoms with van der Waals surface area (Å²) in [7, 11) is 0. The molecule has 0 amide bonds. The molecule has 0 aromatic heterocycles. The van der Waals surface area contributed by atoms with E-state index in [0.717, 1.165) is 19.3 Å². The summed E-state index contributed by atoms with van der Waals surface area (Å²) in [5, 5.41) is 0. The Morgan fingerprint density at radius 2 is 1.46 bits per heavy atom. The molecule has 3 aromatic rings. The maximum atomic E-state index is 2.37. The summed E-state index contributed by atoms with van der Waals surface area (Å²) in [4.78, 5) is 0. The van der Waals surface area contributed by atoms with Crippen LogP contribution in [0.15, 0.2) is 72.8 Å². The molecule has 0 bridgehead atoms. The lowest BCUT2D eigenvalue weighted by Crippen LogP contribution is -1.93. The minimum Gasteiger partial charge on any atom is -0.0622 e. The van der Waals surface area contributed by atoms with Crippen LogP contribution < -0.4 is 0 Å². The van der Waals surface area contributed by atoms with Crippen LogP contribution in [-0.4, -0.2) is 0 Å². The monoisotopic (exact) mass is 310 g/mol. The Kier molecular flexibility index (Phi) is 4.04. The van der Waals surface area contributed by atoms with E-state index in [0.29, 0.717) is 0 Å². The molecule has 3 aromatic carbocycles. The normalized spacial score (nSPS) is 12.8. The van der Waals surface area contributed by atoms with Crippen molar-refractivity contribution in [2.75, 3.05) is 0 Å². The van der Waals surface area contributed by atoms with E-state index in [1.165, 1.54) is 39.0 Å². The molecular formula is C24H22. The third kappa shape index (κ3) is 3.19. The Balaban J connectivity index is 1.50. The SMILES string of the molecule is Cc1ccc(CCc2ccc3c(c2)C=C(c2ccccc2)C3)cc1. The summed E-state index contributed by atoms with van der Waals surface area (Å²) >= 11 is 0. The highest BCUT2D eigenvalue weighted by atomic mass is 14.2. The lowest BCUT2D eigenvalue weighted by Gasteiger charge is -2.06. The van der Waals surface area contributed by atoms with Crippen molar-refractivity contribution < 1.29 is 0 Å². The second-order valence-electron chi connectivity index (χ2n) is 6.73. The second kappa shape index (κ2) is 6.49. The van der Waals surface area contributed by atoms with Crippen LogP contribution in [0.25, 0.3) is 11.6 Å². The molecule has 0 aliphatic heterocycles. The minimum absolute atomic E-state index is 1.05. The van der Waals surface area contributed by atoms with Crippen LogP contribution in [0.2, 0.25) is 0 Å². The highest BCUT2D eigenvalue weighted by Gasteiger charge is 2.14. The van der Waals surface area contributed by atoms with Crippen molar-refractivity contribution in [1.82, 2.24) is 0 Å². The molecule has 0 radical (unpaired) electrons. The van der Waals surface area contributed by atoms with Gasteiger partial charge in [0.1, 0.15) is 0 Å². The minimum atomic E-state index is 1.05. The number of allylic oxidation sites excluding steroid dienone is 1. The zero-order chi connectivity index (χ0) is 16.4. The van der Waals surface area contributed by atoms with Gasteiger partial charge in [-0.05, 0) is 59.6 Å². The van der Waals surface area contributed by atoms with Gasteiger partial charge in [-0.25, -0.2) is 0 Å². The summed E-state index contributed by atoms with van der Waals surface area (Å²) in [6, 6.07) is 26.6. The molecule has 0 N–H and O–H groups in total. The van der Waals surface area contributed by atoms with Gasteiger partial charge in [0.2, 0.25) is 0 Å². The van der Waals surface area contributed by atoms with E-state index in [9.17, 15) is 0 Å². The fraction of sp³-hybridized carbons (Fsp3) is 0.167. The molecular weight excluding hydrogens is 288 g/mol. The molecule has 0 atom stereocenters. The van der Waals surface area contributed by atoms with Crippen molar-refractivity contribution in [3.63, 3.8) is 0 Å². The fourth-order valence-electron chi connectivity index (χ4n) is 3.42. The molecule has 1 aliphatic rings. The van der Waals surface area contributed by atoms with E-state index >= 15 is 0 Å². The zero-order valence-corrected chi connectivity index (χ0v) is 14.1. The van der Waals surface area contributed by atoms with Crippen LogP contribution in [0, 0.1) is 6.92 Å². The molecule has 0 nitrogen and oxygen atoms in total. The lowest BCUT2D eigenvalue weighted by molar-refractivity contribution is 0.957. The molecule has 1 aliphatic carbocycles. The van der Waals surface area contributed by atoms with Crippen molar-refractivity contribution in [2.45, 2.75) is 26.2 Å². The van der Waals surface area contributed by atoms with Gasteiger partial charge < -0.3 is 0 Å². The van der Waals surface area contributed by atoms with Crippen molar-refractivity contribution in [3.8, 4) is 0 Å². The Morgan fingerprint density at radius 3 is 2.25 bits per heavy atom. The van der Waals surface area contributed by atoms with Crippen molar-refractivity contribution in [3.05, 3.63) is 106 Å². The van der Waals surface area contributed by atoms with Gasteiger partial charge in [0, 0.05) is 0 Å². The van der Waals surface area contributed by atoms with Gasteiger partial charge >= 0.3 is 0 Å². The van der Waals surface area contributed by atoms with Gasteiger partial charge in [0.15, 0.2) is 0 Å². The molecule has 0 fully saturated rings. The van der Waals surface area contributed by atoms with E-state index in [4.69, 9.17) is 0 Å². The van der Waals surface area contributed by atoms with E-state index in [2.05, 4.69) is 85.8 Å². The van der Waals surface area contributed by atoms with Crippen LogP contribution >= 0.6 is 0 Å². The molecule has 0 saturated heterocycles. The first-order valence-electron chi connectivity index (χ1n) is 8.71. The van der Waals surface area contributed by atoms with Crippen LogP contribution in [0.5, 0.6) is 0 Å². The third-order valence-electron chi connectivity index (χ3n) is 4.89. The van der Waals surface area contributed by atoms with Crippen LogP contribution in [0.1, 0.15) is 33.4 Å². The summed E-state index contributed by atoms with van der Waals surface area (Å²) in [5.74, 6) is 0. The lowest BCUT2D eigenvalue weighted by atomic mass is 9.99. The summed E-state index contributed by atoms with van der Waals surface area (Å²) in [6.07, 6.45) is 5.62. The smallest absolute Gasteiger partial charge is 0.00137 e. The van der Waals surface area contributed by atoms with Crippen LogP contribution in [-0.2, 0) is 19.3 Å². The largest absolute Gasteiger partial charge is 0.0622 e. The first-order chi connectivity index (χ1) is 11.8. The van der Waals surface area contributed by atoms with E-state index in [1.807, 2.05) is 0 Å². The molecule has 24 heavy (non-hydrogen) atoms. The predicted molar refractivity (Wildman–Crippen MR) is 103 cm³/mol. The number of benzene rings is 3. The van der Waals surface area contributed by atoms with Gasteiger partial charge in [-0.15, -0.1) is 0 Å². The Bertz CT molecular complexity index is 868. The quantitative estimate of drug-likeness (QED) is 0.564. The third-order valence-corrected chi connectivity index (χ3v) is 4.89. The highest BCUT2D eigenvalue weighted by molar-refractivity contribution is 5.88. The predicted octanol–water partition coefficient (Wildman–Crippen LogP) is 5.88. The van der Waals surface area contributed by atoms with E-state index in [1.54, 1.807) is 0 Å². The molecule has 4 rings (SSSR count). The number of fused-ring (bicyclic) bond motifs is 1. The van der Waals surface area contributed by atoms with Crippen molar-refractivity contribution in [1.29, 1.82) is 0 Å². The molecule has 0 heterocycles. The molecule has 0 saturated carbocycles. The summed E-state index contributed by atoms with van der Waals surface area (Å²) in [5.41, 5.74) is 9.80. The van der Waals surface area contributed by atoms with Crippen LogP contribution in [0.3, 0.4) is 0 Å². The number of rotatable bonds is 4. The Labute approximate surface area is 144 Å². The van der Waals surface area contributed by atoms with Crippen LogP contribution in [0.4, 0.5) is 0 Å². The maximum Gasteiger partial charge on any atom is -0.00137 e. The number of hydrogen-bond acceptors (Lipinski definition) is 0. The zero-order valence-electron chi connectivity index (χ0n) is 14.1. The van der Waals surface area contributed by atoms with E-state index < -0.39 is 0 Å². The van der Waals surface area contributed by atoms with Crippen molar-refractivity contribution in [2.24, 2.45) is 0 Å². The fourth-order valence-corrected chi connectivity index (χ4v) is 3.42.